The van der Waals surface area contributed by atoms with Gasteiger partial charge in [0.25, 0.3) is 0 Å². The van der Waals surface area contributed by atoms with Crippen LogP contribution in [0.1, 0.15) is 33.1 Å². The van der Waals surface area contributed by atoms with Crippen molar-refractivity contribution in [3.05, 3.63) is 0 Å². The second-order valence-corrected chi connectivity index (χ2v) is 4.38. The van der Waals surface area contributed by atoms with E-state index in [1.807, 2.05) is 13.8 Å². The number of hydrogen-bond donors (Lipinski definition) is 3. The van der Waals surface area contributed by atoms with Gasteiger partial charge in [-0.1, -0.05) is 13.8 Å². The summed E-state index contributed by atoms with van der Waals surface area (Å²) in [7, 11) is 0. The van der Waals surface area contributed by atoms with Crippen LogP contribution in [-0.4, -0.2) is 29.2 Å². The van der Waals surface area contributed by atoms with E-state index in [4.69, 9.17) is 5.73 Å². The third kappa shape index (κ3) is 2.69. The minimum atomic E-state index is -0.470. The van der Waals surface area contributed by atoms with E-state index in [-0.39, 0.29) is 17.9 Å². The minimum absolute atomic E-state index is 0.0905. The topological polar surface area (TPSA) is 75.4 Å². The highest BCUT2D eigenvalue weighted by atomic mass is 16.3. The smallest absolute Gasteiger partial charge is 0.237 e. The maximum absolute atomic E-state index is 11.5. The maximum atomic E-state index is 11.5. The third-order valence-corrected chi connectivity index (χ3v) is 2.83. The van der Waals surface area contributed by atoms with Gasteiger partial charge in [-0.05, 0) is 25.2 Å². The molecule has 0 heterocycles. The number of nitrogens with two attached hydrogens (primary N) is 1. The first kappa shape index (κ1) is 11.5. The summed E-state index contributed by atoms with van der Waals surface area (Å²) in [6.45, 7) is 3.82. The summed E-state index contributed by atoms with van der Waals surface area (Å²) < 4.78 is 0. The molecule has 1 saturated carbocycles. The average molecular weight is 200 g/mol. The Morgan fingerprint density at radius 2 is 2.14 bits per heavy atom. The fourth-order valence-corrected chi connectivity index (χ4v) is 1.69. The molecule has 0 aromatic rings. The molecule has 0 aliphatic heterocycles. The van der Waals surface area contributed by atoms with Crippen LogP contribution in [-0.2, 0) is 4.79 Å². The Kier molecular flexibility index (Phi) is 3.89. The zero-order valence-electron chi connectivity index (χ0n) is 8.86. The van der Waals surface area contributed by atoms with Crippen LogP contribution < -0.4 is 11.1 Å². The molecule has 0 aromatic carbocycles. The molecule has 14 heavy (non-hydrogen) atoms. The zero-order valence-corrected chi connectivity index (χ0v) is 8.86. The number of nitrogens with one attached hydrogen (secondary N) is 1. The van der Waals surface area contributed by atoms with E-state index in [2.05, 4.69) is 5.32 Å². The summed E-state index contributed by atoms with van der Waals surface area (Å²) in [5.74, 6) is -0.0144. The molecule has 0 aromatic heterocycles. The van der Waals surface area contributed by atoms with E-state index in [1.165, 1.54) is 0 Å². The molecule has 1 aliphatic carbocycles. The Morgan fingerprint density at radius 1 is 1.50 bits per heavy atom. The number of rotatable bonds is 3. The Bertz CT molecular complexity index is 206. The highest BCUT2D eigenvalue weighted by Crippen LogP contribution is 2.18. The zero-order chi connectivity index (χ0) is 10.7. The summed E-state index contributed by atoms with van der Waals surface area (Å²) in [5, 5.41) is 12.3. The molecule has 4 heteroatoms. The van der Waals surface area contributed by atoms with E-state index >= 15 is 0 Å². The molecular weight excluding hydrogens is 180 g/mol. The first-order valence-corrected chi connectivity index (χ1v) is 5.26. The van der Waals surface area contributed by atoms with Gasteiger partial charge in [-0.25, -0.2) is 0 Å². The first-order valence-electron chi connectivity index (χ1n) is 5.26. The molecule has 0 bridgehead atoms. The number of carbonyl (C=O) groups is 1. The van der Waals surface area contributed by atoms with Gasteiger partial charge in [-0.15, -0.1) is 0 Å². The molecule has 3 atom stereocenters. The highest BCUT2D eigenvalue weighted by Gasteiger charge is 2.28. The van der Waals surface area contributed by atoms with E-state index in [1.54, 1.807) is 0 Å². The lowest BCUT2D eigenvalue weighted by Gasteiger charge is -2.21. The van der Waals surface area contributed by atoms with Crippen molar-refractivity contribution in [2.75, 3.05) is 0 Å². The largest absolute Gasteiger partial charge is 0.391 e. The van der Waals surface area contributed by atoms with Crippen LogP contribution in [0.25, 0.3) is 0 Å². The lowest BCUT2D eigenvalue weighted by atomic mass is 10.0. The monoisotopic (exact) mass is 200 g/mol. The van der Waals surface area contributed by atoms with Gasteiger partial charge in [0.1, 0.15) is 0 Å². The Morgan fingerprint density at radius 3 is 2.57 bits per heavy atom. The van der Waals surface area contributed by atoms with Crippen LogP contribution in [0.5, 0.6) is 0 Å². The molecule has 4 nitrogen and oxygen atoms in total. The predicted octanol–water partition coefficient (Wildman–Crippen LogP) is -0.000700. The first-order chi connectivity index (χ1) is 6.52. The van der Waals surface area contributed by atoms with Crippen LogP contribution in [0.15, 0.2) is 0 Å². The van der Waals surface area contributed by atoms with Gasteiger partial charge in [0.15, 0.2) is 0 Å². The van der Waals surface area contributed by atoms with Crippen LogP contribution >= 0.6 is 0 Å². The summed E-state index contributed by atoms with van der Waals surface area (Å²) >= 11 is 0. The van der Waals surface area contributed by atoms with Crippen molar-refractivity contribution in [3.8, 4) is 0 Å². The molecule has 1 rings (SSSR count). The number of aliphatic hydroxyl groups excluding tert-OH is 1. The number of amides is 1. The van der Waals surface area contributed by atoms with Crippen LogP contribution in [0.4, 0.5) is 0 Å². The second kappa shape index (κ2) is 4.75. The third-order valence-electron chi connectivity index (χ3n) is 2.83. The number of hydrogen-bond acceptors (Lipinski definition) is 3. The van der Waals surface area contributed by atoms with Crippen molar-refractivity contribution in [2.24, 2.45) is 11.7 Å². The van der Waals surface area contributed by atoms with Gasteiger partial charge >= 0.3 is 0 Å². The molecule has 82 valence electrons. The van der Waals surface area contributed by atoms with Crippen LogP contribution in [0.2, 0.25) is 0 Å². The molecule has 0 saturated heterocycles. The van der Waals surface area contributed by atoms with Crippen molar-refractivity contribution in [1.29, 1.82) is 0 Å². The molecule has 3 unspecified atom stereocenters. The Balaban J connectivity index is 2.40. The lowest BCUT2D eigenvalue weighted by Crippen LogP contribution is -2.49. The summed E-state index contributed by atoms with van der Waals surface area (Å²) in [5.41, 5.74) is 5.69. The summed E-state index contributed by atoms with van der Waals surface area (Å²) in [4.78, 5) is 11.5. The Labute approximate surface area is 84.9 Å². The molecule has 1 amide bonds. The van der Waals surface area contributed by atoms with Gasteiger partial charge in [0, 0.05) is 0 Å². The number of aliphatic hydroxyl groups is 1. The van der Waals surface area contributed by atoms with Gasteiger partial charge in [-0.3, -0.25) is 4.79 Å². The van der Waals surface area contributed by atoms with Gasteiger partial charge < -0.3 is 16.2 Å². The SMILES string of the molecule is CC(C)C(N)C(=O)NC1CCCC1O. The van der Waals surface area contributed by atoms with Gasteiger partial charge in [0.05, 0.1) is 18.2 Å². The second-order valence-electron chi connectivity index (χ2n) is 4.38. The summed E-state index contributed by atoms with van der Waals surface area (Å²) in [6, 6.07) is -0.560. The van der Waals surface area contributed by atoms with E-state index in [9.17, 15) is 9.90 Å². The van der Waals surface area contributed by atoms with Crippen LogP contribution in [0, 0.1) is 5.92 Å². The quantitative estimate of drug-likeness (QED) is 0.600. The van der Waals surface area contributed by atoms with Crippen molar-refractivity contribution >= 4 is 5.91 Å². The standard InChI is InChI=1S/C10H20N2O2/c1-6(2)9(11)10(14)12-7-4-3-5-8(7)13/h6-9,13H,3-5,11H2,1-2H3,(H,12,14). The Hall–Kier alpha value is -0.610. The van der Waals surface area contributed by atoms with E-state index < -0.39 is 12.1 Å². The molecule has 1 aliphatic rings. The molecule has 1 fully saturated rings. The normalized spacial score (nSPS) is 29.2. The van der Waals surface area contributed by atoms with E-state index in [0.29, 0.717) is 0 Å². The number of carbonyl (C=O) groups excluding carboxylic acids is 1. The average Bonchev–Trinajstić information content (AvgIpc) is 2.50. The van der Waals surface area contributed by atoms with Crippen LogP contribution in [0.3, 0.4) is 0 Å². The van der Waals surface area contributed by atoms with Crippen molar-refractivity contribution in [1.82, 2.24) is 5.32 Å². The fourth-order valence-electron chi connectivity index (χ4n) is 1.69. The van der Waals surface area contributed by atoms with E-state index in [0.717, 1.165) is 19.3 Å². The fraction of sp³-hybridized carbons (Fsp3) is 0.900. The van der Waals surface area contributed by atoms with Crippen molar-refractivity contribution < 1.29 is 9.90 Å². The molecule has 4 N–H and O–H groups in total. The minimum Gasteiger partial charge on any atom is -0.391 e. The predicted molar refractivity (Wildman–Crippen MR) is 54.6 cm³/mol. The highest BCUT2D eigenvalue weighted by molar-refractivity contribution is 5.82. The summed E-state index contributed by atoms with van der Waals surface area (Å²) in [6.07, 6.45) is 2.22. The van der Waals surface area contributed by atoms with Crippen molar-refractivity contribution in [3.63, 3.8) is 0 Å². The maximum Gasteiger partial charge on any atom is 0.237 e. The lowest BCUT2D eigenvalue weighted by molar-refractivity contribution is -0.124. The van der Waals surface area contributed by atoms with Gasteiger partial charge in [-0.2, -0.15) is 0 Å². The van der Waals surface area contributed by atoms with Crippen molar-refractivity contribution in [2.45, 2.75) is 51.3 Å². The van der Waals surface area contributed by atoms with Gasteiger partial charge in [0.2, 0.25) is 5.91 Å². The molecule has 0 spiro atoms. The molecule has 0 radical (unpaired) electrons. The molecular formula is C10H20N2O2.